The molecule has 138 valence electrons. The maximum absolute atomic E-state index is 13.0. The Morgan fingerprint density at radius 1 is 1.00 bits per heavy atom. The van der Waals surface area contributed by atoms with E-state index in [0.29, 0.717) is 6.42 Å². The number of hydrogen-bond acceptors (Lipinski definition) is 3. The average molecular weight is 355 g/mol. The second kappa shape index (κ2) is 9.04. The third-order valence-electron chi connectivity index (χ3n) is 4.43. The van der Waals surface area contributed by atoms with Crippen molar-refractivity contribution in [3.63, 3.8) is 0 Å². The number of aliphatic carboxylic acids is 1. The number of nitrogens with zero attached hydrogens (tertiary/aromatic N) is 1. The maximum Gasteiger partial charge on any atom is 0.326 e. The number of hydrogen-bond donors (Lipinski definition) is 1. The molecule has 5 heteroatoms. The molecule has 5 nitrogen and oxygen atoms in total. The van der Waals surface area contributed by atoms with Crippen molar-refractivity contribution in [1.29, 1.82) is 0 Å². The molecule has 0 spiro atoms. The van der Waals surface area contributed by atoms with Crippen molar-refractivity contribution < 1.29 is 19.4 Å². The highest BCUT2D eigenvalue weighted by Crippen LogP contribution is 2.18. The van der Waals surface area contributed by atoms with Crippen molar-refractivity contribution in [3.05, 3.63) is 65.7 Å². The van der Waals surface area contributed by atoms with Gasteiger partial charge in [-0.25, -0.2) is 4.79 Å². The summed E-state index contributed by atoms with van der Waals surface area (Å²) in [7, 11) is 1.61. The fraction of sp³-hybridized carbons (Fsp3) is 0.333. The van der Waals surface area contributed by atoms with Gasteiger partial charge in [0.1, 0.15) is 11.8 Å². The standard InChI is InChI=1S/C21H25NO4/c1-15(13-17-9-11-19(26-3)12-10-17)20(23)22(16(2)21(24)25)14-18-7-5-4-6-8-18/h4-12,15-16H,13-14H2,1-3H3,(H,24,25). The monoisotopic (exact) mass is 355 g/mol. The first kappa shape index (κ1) is 19.5. The molecular weight excluding hydrogens is 330 g/mol. The summed E-state index contributed by atoms with van der Waals surface area (Å²) >= 11 is 0. The Kier molecular flexibility index (Phi) is 6.78. The number of methoxy groups -OCH3 is 1. The van der Waals surface area contributed by atoms with Gasteiger partial charge >= 0.3 is 5.97 Å². The van der Waals surface area contributed by atoms with Gasteiger partial charge in [0.25, 0.3) is 0 Å². The van der Waals surface area contributed by atoms with Crippen LogP contribution < -0.4 is 4.74 Å². The SMILES string of the molecule is COc1ccc(CC(C)C(=O)N(Cc2ccccc2)C(C)C(=O)O)cc1. The molecule has 2 aromatic carbocycles. The molecule has 0 aliphatic carbocycles. The number of amides is 1. The second-order valence-corrected chi connectivity index (χ2v) is 6.42. The van der Waals surface area contributed by atoms with E-state index in [1.807, 2.05) is 61.5 Å². The Bertz CT molecular complexity index is 727. The van der Waals surface area contributed by atoms with Crippen molar-refractivity contribution in [1.82, 2.24) is 4.90 Å². The van der Waals surface area contributed by atoms with Gasteiger partial charge in [-0.2, -0.15) is 0 Å². The number of ether oxygens (including phenoxy) is 1. The lowest BCUT2D eigenvalue weighted by molar-refractivity contribution is -0.151. The Morgan fingerprint density at radius 3 is 2.15 bits per heavy atom. The molecule has 0 aliphatic rings. The van der Waals surface area contributed by atoms with Crippen molar-refractivity contribution >= 4 is 11.9 Å². The Morgan fingerprint density at radius 2 is 1.62 bits per heavy atom. The van der Waals surface area contributed by atoms with Gasteiger partial charge in [-0.15, -0.1) is 0 Å². The van der Waals surface area contributed by atoms with Crippen molar-refractivity contribution in [2.45, 2.75) is 32.9 Å². The predicted molar refractivity (Wildman–Crippen MR) is 100.0 cm³/mol. The van der Waals surface area contributed by atoms with Gasteiger partial charge in [0, 0.05) is 12.5 Å². The fourth-order valence-corrected chi connectivity index (χ4v) is 2.80. The van der Waals surface area contributed by atoms with Crippen LogP contribution in [0.1, 0.15) is 25.0 Å². The van der Waals surface area contributed by atoms with Crippen LogP contribution in [0.4, 0.5) is 0 Å². The smallest absolute Gasteiger partial charge is 0.326 e. The number of carbonyl (C=O) groups excluding carboxylic acids is 1. The van der Waals surface area contributed by atoms with Crippen LogP contribution in [0.3, 0.4) is 0 Å². The quantitative estimate of drug-likeness (QED) is 0.788. The molecule has 0 saturated carbocycles. The molecule has 2 rings (SSSR count). The average Bonchev–Trinajstić information content (AvgIpc) is 2.66. The van der Waals surface area contributed by atoms with E-state index in [1.165, 1.54) is 4.90 Å². The molecule has 1 amide bonds. The van der Waals surface area contributed by atoms with E-state index in [-0.39, 0.29) is 18.4 Å². The molecule has 0 aliphatic heterocycles. The van der Waals surface area contributed by atoms with Gasteiger partial charge in [0.2, 0.25) is 5.91 Å². The van der Waals surface area contributed by atoms with Gasteiger partial charge in [-0.1, -0.05) is 49.4 Å². The van der Waals surface area contributed by atoms with Crippen LogP contribution in [0.2, 0.25) is 0 Å². The summed E-state index contributed by atoms with van der Waals surface area (Å²) in [6.07, 6.45) is 0.542. The molecule has 0 fully saturated rings. The first-order chi connectivity index (χ1) is 12.4. The lowest BCUT2D eigenvalue weighted by atomic mass is 9.98. The van der Waals surface area contributed by atoms with Crippen molar-refractivity contribution in [2.75, 3.05) is 7.11 Å². The van der Waals surface area contributed by atoms with E-state index in [9.17, 15) is 14.7 Å². The zero-order valence-electron chi connectivity index (χ0n) is 15.4. The highest BCUT2D eigenvalue weighted by molar-refractivity contribution is 5.84. The van der Waals surface area contributed by atoms with Crippen LogP contribution >= 0.6 is 0 Å². The van der Waals surface area contributed by atoms with E-state index < -0.39 is 12.0 Å². The summed E-state index contributed by atoms with van der Waals surface area (Å²) in [5, 5.41) is 9.40. The summed E-state index contributed by atoms with van der Waals surface area (Å²) < 4.78 is 5.14. The van der Waals surface area contributed by atoms with Gasteiger partial charge in [0.15, 0.2) is 0 Å². The van der Waals surface area contributed by atoms with Crippen LogP contribution in [-0.2, 0) is 22.6 Å². The van der Waals surface area contributed by atoms with E-state index in [4.69, 9.17) is 4.74 Å². The molecule has 0 bridgehead atoms. The van der Waals surface area contributed by atoms with Crippen LogP contribution in [0.5, 0.6) is 5.75 Å². The minimum Gasteiger partial charge on any atom is -0.497 e. The lowest BCUT2D eigenvalue weighted by Gasteiger charge is -2.29. The zero-order chi connectivity index (χ0) is 19.1. The summed E-state index contributed by atoms with van der Waals surface area (Å²) in [6, 6.07) is 16.1. The van der Waals surface area contributed by atoms with Crippen LogP contribution in [-0.4, -0.2) is 35.0 Å². The van der Waals surface area contributed by atoms with Crippen LogP contribution in [0.25, 0.3) is 0 Å². The third-order valence-corrected chi connectivity index (χ3v) is 4.43. The molecule has 0 aromatic heterocycles. The molecule has 2 atom stereocenters. The molecular formula is C21H25NO4. The third kappa shape index (κ3) is 5.09. The minimum absolute atomic E-state index is 0.167. The summed E-state index contributed by atoms with van der Waals surface area (Å²) in [6.45, 7) is 3.66. The first-order valence-electron chi connectivity index (χ1n) is 8.62. The largest absolute Gasteiger partial charge is 0.497 e. The van der Waals surface area contributed by atoms with Gasteiger partial charge in [-0.3, -0.25) is 4.79 Å². The Labute approximate surface area is 154 Å². The van der Waals surface area contributed by atoms with E-state index >= 15 is 0 Å². The summed E-state index contributed by atoms with van der Waals surface area (Å²) in [4.78, 5) is 25.9. The topological polar surface area (TPSA) is 66.8 Å². The predicted octanol–water partition coefficient (Wildman–Crippen LogP) is 3.38. The molecule has 0 saturated heterocycles. The fourth-order valence-electron chi connectivity index (χ4n) is 2.80. The molecule has 2 aromatic rings. The van der Waals surface area contributed by atoms with E-state index in [2.05, 4.69) is 0 Å². The Hall–Kier alpha value is -2.82. The number of carboxylic acids is 1. The number of rotatable bonds is 8. The highest BCUT2D eigenvalue weighted by atomic mass is 16.5. The number of benzene rings is 2. The molecule has 26 heavy (non-hydrogen) atoms. The van der Waals surface area contributed by atoms with E-state index in [1.54, 1.807) is 14.0 Å². The maximum atomic E-state index is 13.0. The normalized spacial score (nSPS) is 12.9. The number of carbonyl (C=O) groups is 2. The summed E-state index contributed by atoms with van der Waals surface area (Å²) in [5.74, 6) is -0.739. The van der Waals surface area contributed by atoms with Crippen molar-refractivity contribution in [2.24, 2.45) is 5.92 Å². The van der Waals surface area contributed by atoms with Gasteiger partial charge in [-0.05, 0) is 36.6 Å². The minimum atomic E-state index is -1.01. The molecule has 2 unspecified atom stereocenters. The van der Waals surface area contributed by atoms with Crippen LogP contribution in [0, 0.1) is 5.92 Å². The molecule has 0 radical (unpaired) electrons. The number of carboxylic acid groups (broad SMARTS) is 1. The lowest BCUT2D eigenvalue weighted by Crippen LogP contribution is -2.45. The van der Waals surface area contributed by atoms with Crippen molar-refractivity contribution in [3.8, 4) is 5.75 Å². The van der Waals surface area contributed by atoms with E-state index in [0.717, 1.165) is 16.9 Å². The second-order valence-electron chi connectivity index (χ2n) is 6.42. The molecule has 0 heterocycles. The van der Waals surface area contributed by atoms with Gasteiger partial charge in [0.05, 0.1) is 7.11 Å². The van der Waals surface area contributed by atoms with Crippen LogP contribution in [0.15, 0.2) is 54.6 Å². The molecule has 1 N–H and O–H groups in total. The Balaban J connectivity index is 2.14. The summed E-state index contributed by atoms with van der Waals surface area (Å²) in [5.41, 5.74) is 1.92. The first-order valence-corrected chi connectivity index (χ1v) is 8.62. The van der Waals surface area contributed by atoms with Gasteiger partial charge < -0.3 is 14.7 Å². The zero-order valence-corrected chi connectivity index (χ0v) is 15.4. The highest BCUT2D eigenvalue weighted by Gasteiger charge is 2.29.